The van der Waals surface area contributed by atoms with E-state index in [2.05, 4.69) is 4.18 Å². The Labute approximate surface area is 112 Å². The number of carbonyl (C=O) groups is 1. The fraction of sp³-hybridized carbons (Fsp3) is 0.900. The molecule has 1 unspecified atom stereocenters. The molecule has 0 heterocycles. The van der Waals surface area contributed by atoms with Crippen LogP contribution in [0.2, 0.25) is 10.4 Å². The van der Waals surface area contributed by atoms with Crippen molar-refractivity contribution in [2.24, 2.45) is 0 Å². The second-order valence-electron chi connectivity index (χ2n) is 4.68. The van der Waals surface area contributed by atoms with Crippen LogP contribution in [-0.4, -0.2) is 53.0 Å². The maximum absolute atomic E-state index is 12.4. The van der Waals surface area contributed by atoms with Gasteiger partial charge in [-0.25, -0.2) is 0 Å². The number of halogens is 1. The van der Waals surface area contributed by atoms with E-state index in [1.807, 2.05) is 0 Å². The van der Waals surface area contributed by atoms with Gasteiger partial charge in [-0.1, -0.05) is 0 Å². The second-order valence-corrected chi connectivity index (χ2v) is 11.2. The van der Waals surface area contributed by atoms with Crippen molar-refractivity contribution in [3.05, 3.63) is 0 Å². The molecule has 0 saturated carbocycles. The summed E-state index contributed by atoms with van der Waals surface area (Å²) >= 11 is -2.22. The van der Waals surface area contributed by atoms with Crippen LogP contribution in [0.5, 0.6) is 0 Å². The van der Waals surface area contributed by atoms with Crippen LogP contribution in [0.4, 0.5) is 9.18 Å². The molecule has 18 heavy (non-hydrogen) atoms. The normalized spacial score (nSPS) is 14.3. The van der Waals surface area contributed by atoms with Crippen molar-refractivity contribution in [1.29, 1.82) is 0 Å². The van der Waals surface area contributed by atoms with Crippen LogP contribution in [0.25, 0.3) is 0 Å². The number of hydrogen-bond acceptors (Lipinski definition) is 5. The summed E-state index contributed by atoms with van der Waals surface area (Å²) in [5, 5.41) is 0.411. The van der Waals surface area contributed by atoms with Crippen LogP contribution in [0.3, 0.4) is 0 Å². The summed E-state index contributed by atoms with van der Waals surface area (Å²) in [5.74, 6) is 0. The predicted molar refractivity (Wildman–Crippen MR) is 68.4 cm³/mol. The van der Waals surface area contributed by atoms with E-state index in [9.17, 15) is 17.6 Å². The van der Waals surface area contributed by atoms with Crippen LogP contribution < -0.4 is 0 Å². The molecule has 0 aromatic rings. The quantitative estimate of drug-likeness (QED) is 0.521. The van der Waals surface area contributed by atoms with E-state index in [1.54, 1.807) is 20.8 Å². The van der Waals surface area contributed by atoms with Gasteiger partial charge in [-0.05, 0) is 0 Å². The Bertz CT molecular complexity index is 363. The van der Waals surface area contributed by atoms with E-state index in [1.165, 1.54) is 0 Å². The Morgan fingerprint density at radius 3 is 2.22 bits per heavy atom. The molecule has 0 aliphatic carbocycles. The molecule has 0 aliphatic heterocycles. The molecule has 0 aromatic heterocycles. The zero-order valence-electron chi connectivity index (χ0n) is 11.1. The molecule has 0 bridgehead atoms. The summed E-state index contributed by atoms with van der Waals surface area (Å²) in [6.07, 6.45) is 0.937. The molecule has 0 N–H and O–H groups in total. The Hall–Kier alpha value is -0.132. The fourth-order valence-electron chi connectivity index (χ4n) is 1.02. The van der Waals surface area contributed by atoms with E-state index in [0.29, 0.717) is 0 Å². The molecule has 8 heteroatoms. The minimum atomic E-state index is -3.52. The molecule has 0 aliphatic rings. The fourth-order valence-corrected chi connectivity index (χ4v) is 4.84. The standard InChI is InChI=1S/C10H20AsFO5S/c1-10(2,3)17-9(13)11(5-7-12)6-8-16-18(4,14)15/h5-8H2,1-4H3. The number of hydrogen-bond donors (Lipinski definition) is 0. The minimum absolute atomic E-state index is 0.0852. The van der Waals surface area contributed by atoms with Crippen LogP contribution in [0.1, 0.15) is 20.8 Å². The average Bonchev–Trinajstić information content (AvgIpc) is 2.11. The molecule has 0 aromatic carbocycles. The second kappa shape index (κ2) is 7.46. The van der Waals surface area contributed by atoms with Gasteiger partial charge in [-0.3, -0.25) is 0 Å². The third kappa shape index (κ3) is 9.85. The van der Waals surface area contributed by atoms with Gasteiger partial charge in [0.05, 0.1) is 0 Å². The SMILES string of the molecule is CC(C)(C)OC(=O)[As](CCF)CCOS(C)(=O)=O. The molecule has 108 valence electrons. The van der Waals surface area contributed by atoms with Crippen LogP contribution >= 0.6 is 0 Å². The van der Waals surface area contributed by atoms with Crippen molar-refractivity contribution in [3.8, 4) is 0 Å². The Balaban J connectivity index is 4.34. The van der Waals surface area contributed by atoms with Crippen molar-refractivity contribution >= 4 is 29.5 Å². The summed E-state index contributed by atoms with van der Waals surface area (Å²) in [4.78, 5) is 11.8. The molecule has 0 spiro atoms. The van der Waals surface area contributed by atoms with Crippen molar-refractivity contribution in [2.45, 2.75) is 36.8 Å². The third-order valence-electron chi connectivity index (χ3n) is 1.66. The van der Waals surface area contributed by atoms with Gasteiger partial charge in [0.25, 0.3) is 0 Å². The van der Waals surface area contributed by atoms with Gasteiger partial charge in [-0.15, -0.1) is 0 Å². The van der Waals surface area contributed by atoms with Crippen molar-refractivity contribution in [3.63, 3.8) is 0 Å². The zero-order chi connectivity index (χ0) is 14.4. The van der Waals surface area contributed by atoms with Gasteiger partial charge in [0.15, 0.2) is 0 Å². The Morgan fingerprint density at radius 2 is 1.83 bits per heavy atom. The summed E-state index contributed by atoms with van der Waals surface area (Å²) in [5.41, 5.74) is -0.613. The van der Waals surface area contributed by atoms with Crippen molar-refractivity contribution in [2.75, 3.05) is 19.5 Å². The first-order valence-electron chi connectivity index (χ1n) is 5.43. The molecule has 0 radical (unpaired) electrons. The molecular weight excluding hydrogens is 326 g/mol. The molecule has 0 fully saturated rings. The van der Waals surface area contributed by atoms with Gasteiger partial charge < -0.3 is 0 Å². The Kier molecular flexibility index (Phi) is 7.40. The third-order valence-corrected chi connectivity index (χ3v) is 6.54. The van der Waals surface area contributed by atoms with Crippen LogP contribution in [-0.2, 0) is 19.0 Å². The summed E-state index contributed by atoms with van der Waals surface area (Å²) < 4.78 is 43.3. The van der Waals surface area contributed by atoms with Crippen LogP contribution in [0, 0.1) is 0 Å². The summed E-state index contributed by atoms with van der Waals surface area (Å²) in [7, 11) is -3.52. The van der Waals surface area contributed by atoms with Gasteiger partial charge in [-0.2, -0.15) is 0 Å². The van der Waals surface area contributed by atoms with E-state index >= 15 is 0 Å². The van der Waals surface area contributed by atoms with Gasteiger partial charge in [0.1, 0.15) is 0 Å². The average molecular weight is 346 g/mol. The molecule has 5 nitrogen and oxygen atoms in total. The molecule has 0 saturated heterocycles. The molecular formula is C10H20AsFO5S. The molecule has 0 amide bonds. The summed E-state index contributed by atoms with van der Waals surface area (Å²) in [6, 6.07) is 0. The van der Waals surface area contributed by atoms with Gasteiger partial charge in [0, 0.05) is 0 Å². The number of ether oxygens (including phenoxy) is 1. The van der Waals surface area contributed by atoms with Crippen molar-refractivity contribution in [1.82, 2.24) is 0 Å². The van der Waals surface area contributed by atoms with Crippen molar-refractivity contribution < 1.29 is 26.5 Å². The number of carbonyl (C=O) groups excluding carboxylic acids is 1. The number of alkyl halides is 1. The zero-order valence-corrected chi connectivity index (χ0v) is 13.8. The van der Waals surface area contributed by atoms with E-state index < -0.39 is 37.0 Å². The topological polar surface area (TPSA) is 69.7 Å². The molecule has 1 atom stereocenters. The van der Waals surface area contributed by atoms with E-state index in [-0.39, 0.29) is 21.8 Å². The van der Waals surface area contributed by atoms with E-state index in [4.69, 9.17) is 4.74 Å². The Morgan fingerprint density at radius 1 is 1.28 bits per heavy atom. The predicted octanol–water partition coefficient (Wildman–Crippen LogP) is 1.94. The van der Waals surface area contributed by atoms with Gasteiger partial charge in [0.2, 0.25) is 0 Å². The monoisotopic (exact) mass is 346 g/mol. The molecule has 0 rings (SSSR count). The van der Waals surface area contributed by atoms with Gasteiger partial charge >= 0.3 is 112 Å². The summed E-state index contributed by atoms with van der Waals surface area (Å²) in [6.45, 7) is 4.52. The number of rotatable bonds is 7. The van der Waals surface area contributed by atoms with Crippen LogP contribution in [0.15, 0.2) is 0 Å². The first-order chi connectivity index (χ1) is 8.05. The first-order valence-corrected chi connectivity index (χ1v) is 10.8. The first kappa shape index (κ1) is 17.9. The van der Waals surface area contributed by atoms with E-state index in [0.717, 1.165) is 6.26 Å². The maximum atomic E-state index is 12.4.